The number of carbonyl (C=O) groups excluding carboxylic acids is 1. The lowest BCUT2D eigenvalue weighted by molar-refractivity contribution is -0.111. The highest BCUT2D eigenvalue weighted by Crippen LogP contribution is 2.31. The lowest BCUT2D eigenvalue weighted by Gasteiger charge is -2.34. The summed E-state index contributed by atoms with van der Waals surface area (Å²) in [7, 11) is 2.16. The van der Waals surface area contributed by atoms with Gasteiger partial charge in [0.25, 0.3) is 0 Å². The number of nitrogens with zero attached hydrogens (tertiary/aromatic N) is 5. The number of aromatic nitrogens is 3. The second-order valence-electron chi connectivity index (χ2n) is 8.97. The van der Waals surface area contributed by atoms with E-state index >= 15 is 0 Å². The van der Waals surface area contributed by atoms with Crippen LogP contribution in [-0.2, 0) is 4.79 Å². The van der Waals surface area contributed by atoms with Crippen LogP contribution in [0, 0.1) is 6.92 Å². The molecule has 1 saturated heterocycles. The van der Waals surface area contributed by atoms with Crippen molar-refractivity contribution < 1.29 is 4.79 Å². The van der Waals surface area contributed by atoms with Gasteiger partial charge >= 0.3 is 0 Å². The molecule has 4 aromatic rings. The van der Waals surface area contributed by atoms with Gasteiger partial charge in [0, 0.05) is 66.6 Å². The number of hydrogen-bond acceptors (Lipinski definition) is 7. The van der Waals surface area contributed by atoms with E-state index in [2.05, 4.69) is 68.3 Å². The fraction of sp³-hybridized carbons (Fsp3) is 0.214. The molecule has 36 heavy (non-hydrogen) atoms. The fourth-order valence-electron chi connectivity index (χ4n) is 4.37. The molecule has 1 amide bonds. The number of pyridine rings is 1. The molecule has 8 heteroatoms. The molecular weight excluding hydrogens is 450 g/mol. The normalized spacial score (nSPS) is 14.0. The van der Waals surface area contributed by atoms with E-state index in [4.69, 9.17) is 4.98 Å². The van der Waals surface area contributed by atoms with Crippen molar-refractivity contribution in [1.82, 2.24) is 19.9 Å². The Balaban J connectivity index is 1.43. The summed E-state index contributed by atoms with van der Waals surface area (Å²) in [6, 6.07) is 16.0. The van der Waals surface area contributed by atoms with Gasteiger partial charge in [-0.3, -0.25) is 9.78 Å². The SMILES string of the molecule is C=CC(=O)Nc1ccnc(-c2c(C)ccc3cnc(Nc4ccc(N5CCN(C)CC5)cc4)nc23)c1. The first kappa shape index (κ1) is 23.4. The quantitative estimate of drug-likeness (QED) is 0.390. The van der Waals surface area contributed by atoms with E-state index in [0.29, 0.717) is 11.6 Å². The molecule has 0 unspecified atom stereocenters. The fourth-order valence-corrected chi connectivity index (χ4v) is 4.37. The summed E-state index contributed by atoms with van der Waals surface area (Å²) >= 11 is 0. The Morgan fingerprint density at radius 3 is 2.53 bits per heavy atom. The molecule has 182 valence electrons. The standard InChI is InChI=1S/C28H29N7O/c1-4-25(36)31-22-11-12-29-24(17-22)26-19(2)5-6-20-18-30-28(33-27(20)26)32-21-7-9-23(10-8-21)35-15-13-34(3)14-16-35/h4-12,17-18H,1,13-16H2,2-3H3,(H,29,31,36)(H,30,32,33). The van der Waals surface area contributed by atoms with Gasteiger partial charge in [-0.25, -0.2) is 9.97 Å². The van der Waals surface area contributed by atoms with E-state index in [9.17, 15) is 4.79 Å². The second-order valence-corrected chi connectivity index (χ2v) is 8.97. The molecule has 1 aliphatic heterocycles. The lowest BCUT2D eigenvalue weighted by Crippen LogP contribution is -2.44. The van der Waals surface area contributed by atoms with Crippen LogP contribution in [-0.4, -0.2) is 59.0 Å². The molecule has 2 N–H and O–H groups in total. The van der Waals surface area contributed by atoms with Gasteiger partial charge in [0.1, 0.15) is 0 Å². The van der Waals surface area contributed by atoms with Crippen LogP contribution in [0.1, 0.15) is 5.56 Å². The van der Waals surface area contributed by atoms with E-state index in [1.807, 2.05) is 31.3 Å². The topological polar surface area (TPSA) is 86.3 Å². The van der Waals surface area contributed by atoms with Crippen molar-refractivity contribution in [3.05, 3.63) is 79.1 Å². The van der Waals surface area contributed by atoms with Gasteiger partial charge in [0.05, 0.1) is 11.2 Å². The number of aryl methyl sites for hydroxylation is 1. The maximum atomic E-state index is 11.8. The summed E-state index contributed by atoms with van der Waals surface area (Å²) in [4.78, 5) is 30.5. The van der Waals surface area contributed by atoms with Crippen LogP contribution in [0.5, 0.6) is 0 Å². The summed E-state index contributed by atoms with van der Waals surface area (Å²) in [5.41, 5.74) is 6.24. The van der Waals surface area contributed by atoms with Gasteiger partial charge in [-0.1, -0.05) is 18.7 Å². The van der Waals surface area contributed by atoms with E-state index < -0.39 is 0 Å². The monoisotopic (exact) mass is 479 g/mol. The van der Waals surface area contributed by atoms with E-state index in [-0.39, 0.29) is 5.91 Å². The van der Waals surface area contributed by atoms with Crippen LogP contribution in [0.2, 0.25) is 0 Å². The molecule has 0 bridgehead atoms. The molecule has 1 aliphatic rings. The average Bonchev–Trinajstić information content (AvgIpc) is 2.89. The van der Waals surface area contributed by atoms with Gasteiger partial charge in [-0.2, -0.15) is 0 Å². The third-order valence-electron chi connectivity index (χ3n) is 6.42. The Morgan fingerprint density at radius 2 is 1.78 bits per heavy atom. The Kier molecular flexibility index (Phi) is 6.60. The summed E-state index contributed by atoms with van der Waals surface area (Å²) in [6.45, 7) is 9.75. The third kappa shape index (κ3) is 5.04. The van der Waals surface area contributed by atoms with E-state index in [0.717, 1.165) is 59.6 Å². The van der Waals surface area contributed by atoms with Crippen LogP contribution in [0.15, 0.2) is 73.6 Å². The molecule has 0 atom stereocenters. The van der Waals surface area contributed by atoms with Crippen LogP contribution >= 0.6 is 0 Å². The molecule has 2 aromatic carbocycles. The Labute approximate surface area is 210 Å². The minimum Gasteiger partial charge on any atom is -0.369 e. The van der Waals surface area contributed by atoms with Gasteiger partial charge in [-0.05, 0) is 62.0 Å². The van der Waals surface area contributed by atoms with Gasteiger partial charge < -0.3 is 20.4 Å². The number of rotatable bonds is 6. The number of likely N-dealkylation sites (N-methyl/N-ethyl adjacent to an activating group) is 1. The number of fused-ring (bicyclic) bond motifs is 1. The number of carbonyl (C=O) groups is 1. The molecule has 0 spiro atoms. The smallest absolute Gasteiger partial charge is 0.247 e. The number of piperazine rings is 1. The molecule has 1 fully saturated rings. The zero-order valence-corrected chi connectivity index (χ0v) is 20.5. The molecule has 5 rings (SSSR count). The first-order valence-electron chi connectivity index (χ1n) is 12.0. The zero-order chi connectivity index (χ0) is 25.1. The summed E-state index contributed by atoms with van der Waals surface area (Å²) < 4.78 is 0. The number of nitrogens with one attached hydrogen (secondary N) is 2. The minimum atomic E-state index is -0.269. The van der Waals surface area contributed by atoms with Crippen molar-refractivity contribution in [3.8, 4) is 11.3 Å². The second kappa shape index (κ2) is 10.1. The molecule has 0 radical (unpaired) electrons. The number of amides is 1. The Bertz CT molecular complexity index is 1410. The zero-order valence-electron chi connectivity index (χ0n) is 20.5. The van der Waals surface area contributed by atoms with Crippen molar-refractivity contribution in [3.63, 3.8) is 0 Å². The molecule has 2 aromatic heterocycles. The highest BCUT2D eigenvalue weighted by atomic mass is 16.1. The van der Waals surface area contributed by atoms with E-state index in [1.165, 1.54) is 11.8 Å². The molecule has 8 nitrogen and oxygen atoms in total. The number of hydrogen-bond donors (Lipinski definition) is 2. The van der Waals surface area contributed by atoms with Crippen LogP contribution in [0.25, 0.3) is 22.2 Å². The molecule has 0 aliphatic carbocycles. The van der Waals surface area contributed by atoms with Crippen LogP contribution in [0.4, 0.5) is 23.0 Å². The van der Waals surface area contributed by atoms with Gasteiger partial charge in [0.15, 0.2) is 0 Å². The largest absolute Gasteiger partial charge is 0.369 e. The lowest BCUT2D eigenvalue weighted by atomic mass is 10.0. The maximum Gasteiger partial charge on any atom is 0.247 e. The Morgan fingerprint density at radius 1 is 1.00 bits per heavy atom. The highest BCUT2D eigenvalue weighted by Gasteiger charge is 2.15. The molecule has 0 saturated carbocycles. The number of benzene rings is 2. The Hall–Kier alpha value is -4.30. The minimum absolute atomic E-state index is 0.269. The van der Waals surface area contributed by atoms with Crippen molar-refractivity contribution >= 4 is 39.8 Å². The van der Waals surface area contributed by atoms with Crippen LogP contribution in [0.3, 0.4) is 0 Å². The van der Waals surface area contributed by atoms with E-state index in [1.54, 1.807) is 12.3 Å². The summed E-state index contributed by atoms with van der Waals surface area (Å²) in [5.74, 6) is 0.243. The van der Waals surface area contributed by atoms with Crippen LogP contribution < -0.4 is 15.5 Å². The van der Waals surface area contributed by atoms with Crippen molar-refractivity contribution in [1.29, 1.82) is 0 Å². The van der Waals surface area contributed by atoms with Crippen molar-refractivity contribution in [2.75, 3.05) is 48.8 Å². The first-order chi connectivity index (χ1) is 17.5. The highest BCUT2D eigenvalue weighted by molar-refractivity contribution is 6.00. The van der Waals surface area contributed by atoms with Crippen molar-refractivity contribution in [2.45, 2.75) is 6.92 Å². The average molecular weight is 480 g/mol. The predicted octanol–water partition coefficient (Wildman–Crippen LogP) is 4.62. The van der Waals surface area contributed by atoms with Crippen molar-refractivity contribution in [2.24, 2.45) is 0 Å². The first-order valence-corrected chi connectivity index (χ1v) is 12.0. The summed E-state index contributed by atoms with van der Waals surface area (Å²) in [5, 5.41) is 7.05. The third-order valence-corrected chi connectivity index (χ3v) is 6.42. The maximum absolute atomic E-state index is 11.8. The number of anilines is 4. The molecule has 3 heterocycles. The predicted molar refractivity (Wildman–Crippen MR) is 146 cm³/mol. The summed E-state index contributed by atoms with van der Waals surface area (Å²) in [6.07, 6.45) is 4.73. The molecular formula is C28H29N7O. The van der Waals surface area contributed by atoms with Gasteiger partial charge in [-0.15, -0.1) is 0 Å². The van der Waals surface area contributed by atoms with Gasteiger partial charge in [0.2, 0.25) is 11.9 Å².